The maximum atomic E-state index is 12.0. The molecule has 1 amide bonds. The summed E-state index contributed by atoms with van der Waals surface area (Å²) in [5.41, 5.74) is 0.774. The van der Waals surface area contributed by atoms with Gasteiger partial charge >= 0.3 is 5.97 Å². The number of amides is 1. The SMILES string of the molecule is O=C(NCC[C@H](O)C(=O)O)c1sccc1-n1cccc1. The lowest BCUT2D eigenvalue weighted by Crippen LogP contribution is -2.30. The van der Waals surface area contributed by atoms with Gasteiger partial charge in [-0.15, -0.1) is 11.3 Å². The van der Waals surface area contributed by atoms with Crippen molar-refractivity contribution in [1.82, 2.24) is 9.88 Å². The first-order chi connectivity index (χ1) is 9.59. The summed E-state index contributed by atoms with van der Waals surface area (Å²) in [5.74, 6) is -1.57. The molecule has 0 bridgehead atoms. The summed E-state index contributed by atoms with van der Waals surface area (Å²) < 4.78 is 1.83. The lowest BCUT2D eigenvalue weighted by Gasteiger charge is -2.08. The van der Waals surface area contributed by atoms with E-state index in [1.54, 1.807) is 0 Å². The van der Waals surface area contributed by atoms with Crippen molar-refractivity contribution in [3.05, 3.63) is 40.8 Å². The molecule has 0 saturated heterocycles. The van der Waals surface area contributed by atoms with Gasteiger partial charge < -0.3 is 20.1 Å². The Morgan fingerprint density at radius 2 is 2.05 bits per heavy atom. The molecule has 0 fully saturated rings. The molecule has 7 heteroatoms. The van der Waals surface area contributed by atoms with Gasteiger partial charge in [-0.3, -0.25) is 4.79 Å². The Bertz CT molecular complexity index is 591. The lowest BCUT2D eigenvalue weighted by atomic mass is 10.2. The van der Waals surface area contributed by atoms with Crippen LogP contribution in [-0.4, -0.2) is 39.3 Å². The van der Waals surface area contributed by atoms with Gasteiger partial charge in [-0.2, -0.15) is 0 Å². The van der Waals surface area contributed by atoms with Crippen LogP contribution in [0.5, 0.6) is 0 Å². The number of carbonyl (C=O) groups excluding carboxylic acids is 1. The lowest BCUT2D eigenvalue weighted by molar-refractivity contribution is -0.146. The van der Waals surface area contributed by atoms with Gasteiger partial charge in [-0.05, 0) is 23.6 Å². The fraction of sp³-hybridized carbons (Fsp3) is 0.231. The number of hydrogen-bond donors (Lipinski definition) is 3. The molecule has 0 aliphatic rings. The minimum atomic E-state index is -1.46. The average molecular weight is 294 g/mol. The van der Waals surface area contributed by atoms with Crippen molar-refractivity contribution in [2.24, 2.45) is 0 Å². The number of carboxylic acids is 1. The average Bonchev–Trinajstić information content (AvgIpc) is 3.08. The largest absolute Gasteiger partial charge is 0.479 e. The van der Waals surface area contributed by atoms with Crippen LogP contribution in [0, 0.1) is 0 Å². The van der Waals surface area contributed by atoms with Crippen molar-refractivity contribution < 1.29 is 19.8 Å². The van der Waals surface area contributed by atoms with Gasteiger partial charge in [0.2, 0.25) is 0 Å². The molecular formula is C13H14N2O4S. The van der Waals surface area contributed by atoms with E-state index in [9.17, 15) is 9.59 Å². The Balaban J connectivity index is 1.97. The molecule has 106 valence electrons. The number of hydrogen-bond acceptors (Lipinski definition) is 4. The zero-order valence-electron chi connectivity index (χ0n) is 10.5. The van der Waals surface area contributed by atoms with E-state index in [1.165, 1.54) is 11.3 Å². The Labute approximate surface area is 119 Å². The van der Waals surface area contributed by atoms with E-state index < -0.39 is 12.1 Å². The summed E-state index contributed by atoms with van der Waals surface area (Å²) >= 11 is 1.31. The molecular weight excluding hydrogens is 280 g/mol. The zero-order chi connectivity index (χ0) is 14.5. The quantitative estimate of drug-likeness (QED) is 0.744. The Hall–Kier alpha value is -2.12. The number of aliphatic hydroxyl groups excluding tert-OH is 1. The van der Waals surface area contributed by atoms with E-state index in [4.69, 9.17) is 10.2 Å². The first-order valence-corrected chi connectivity index (χ1v) is 6.87. The number of rotatable bonds is 6. The fourth-order valence-corrected chi connectivity index (χ4v) is 2.50. The molecule has 2 heterocycles. The van der Waals surface area contributed by atoms with E-state index in [2.05, 4.69) is 5.32 Å². The molecule has 2 aromatic heterocycles. The summed E-state index contributed by atoms with van der Waals surface area (Å²) in [5, 5.41) is 22.1. The smallest absolute Gasteiger partial charge is 0.332 e. The van der Waals surface area contributed by atoms with Gasteiger partial charge in [0.15, 0.2) is 6.10 Å². The first kappa shape index (κ1) is 14.3. The van der Waals surface area contributed by atoms with Crippen molar-refractivity contribution >= 4 is 23.2 Å². The molecule has 0 spiro atoms. The number of aliphatic carboxylic acids is 1. The first-order valence-electron chi connectivity index (χ1n) is 5.99. The number of carboxylic acid groups (broad SMARTS) is 1. The second kappa shape index (κ2) is 6.36. The van der Waals surface area contributed by atoms with Gasteiger partial charge in [-0.25, -0.2) is 4.79 Å². The molecule has 0 saturated carbocycles. The van der Waals surface area contributed by atoms with Crippen LogP contribution in [-0.2, 0) is 4.79 Å². The number of thiophene rings is 1. The molecule has 20 heavy (non-hydrogen) atoms. The van der Waals surface area contributed by atoms with E-state index in [0.717, 1.165) is 5.69 Å². The number of nitrogens with zero attached hydrogens (tertiary/aromatic N) is 1. The van der Waals surface area contributed by atoms with E-state index in [-0.39, 0.29) is 18.9 Å². The topological polar surface area (TPSA) is 91.6 Å². The van der Waals surface area contributed by atoms with E-state index >= 15 is 0 Å². The van der Waals surface area contributed by atoms with Gasteiger partial charge in [0.05, 0.1) is 5.69 Å². The third-order valence-electron chi connectivity index (χ3n) is 2.72. The van der Waals surface area contributed by atoms with Gasteiger partial charge in [0.1, 0.15) is 4.88 Å². The highest BCUT2D eigenvalue weighted by Crippen LogP contribution is 2.21. The minimum Gasteiger partial charge on any atom is -0.479 e. The highest BCUT2D eigenvalue weighted by atomic mass is 32.1. The predicted molar refractivity (Wildman–Crippen MR) is 74.2 cm³/mol. The van der Waals surface area contributed by atoms with Crippen molar-refractivity contribution in [3.63, 3.8) is 0 Å². The van der Waals surface area contributed by atoms with Crippen LogP contribution >= 0.6 is 11.3 Å². The zero-order valence-corrected chi connectivity index (χ0v) is 11.3. The molecule has 1 atom stereocenters. The molecule has 0 unspecified atom stereocenters. The molecule has 2 aromatic rings. The highest BCUT2D eigenvalue weighted by Gasteiger charge is 2.16. The summed E-state index contributed by atoms with van der Waals surface area (Å²) in [4.78, 5) is 23.0. The van der Waals surface area contributed by atoms with Crippen LogP contribution in [0.1, 0.15) is 16.1 Å². The number of aliphatic hydroxyl groups is 1. The summed E-state index contributed by atoms with van der Waals surface area (Å²) in [6.45, 7) is 0.106. The molecule has 0 aliphatic heterocycles. The standard InChI is InChI=1S/C13H14N2O4S/c16-10(13(18)19)3-5-14-12(17)11-9(4-8-20-11)15-6-1-2-7-15/h1-2,4,6-8,10,16H,3,5H2,(H,14,17)(H,18,19)/t10-/m0/s1. The molecule has 0 radical (unpaired) electrons. The van der Waals surface area contributed by atoms with Gasteiger partial charge in [-0.1, -0.05) is 0 Å². The predicted octanol–water partition coefficient (Wildman–Crippen LogP) is 1.10. The van der Waals surface area contributed by atoms with Crippen LogP contribution in [0.2, 0.25) is 0 Å². The fourth-order valence-electron chi connectivity index (χ4n) is 1.70. The Morgan fingerprint density at radius 1 is 1.35 bits per heavy atom. The minimum absolute atomic E-state index is 0.0225. The second-order valence-corrected chi connectivity index (χ2v) is 5.04. The van der Waals surface area contributed by atoms with Crippen LogP contribution < -0.4 is 5.32 Å². The molecule has 6 nitrogen and oxygen atoms in total. The summed E-state index contributed by atoms with van der Waals surface area (Å²) in [6.07, 6.45) is 2.20. The number of nitrogens with one attached hydrogen (secondary N) is 1. The molecule has 0 aromatic carbocycles. The third kappa shape index (κ3) is 3.25. The summed E-state index contributed by atoms with van der Waals surface area (Å²) in [6, 6.07) is 5.57. The molecule has 0 aliphatic carbocycles. The van der Waals surface area contributed by atoms with Crippen LogP contribution in [0.15, 0.2) is 36.0 Å². The van der Waals surface area contributed by atoms with Crippen molar-refractivity contribution in [1.29, 1.82) is 0 Å². The molecule has 2 rings (SSSR count). The molecule has 3 N–H and O–H groups in total. The van der Waals surface area contributed by atoms with Crippen molar-refractivity contribution in [2.75, 3.05) is 6.54 Å². The van der Waals surface area contributed by atoms with Crippen molar-refractivity contribution in [3.8, 4) is 5.69 Å². The van der Waals surface area contributed by atoms with Crippen LogP contribution in [0.4, 0.5) is 0 Å². The second-order valence-electron chi connectivity index (χ2n) is 4.12. The maximum Gasteiger partial charge on any atom is 0.332 e. The summed E-state index contributed by atoms with van der Waals surface area (Å²) in [7, 11) is 0. The number of aromatic nitrogens is 1. The van der Waals surface area contributed by atoms with Gasteiger partial charge in [0, 0.05) is 25.4 Å². The van der Waals surface area contributed by atoms with Crippen LogP contribution in [0.25, 0.3) is 5.69 Å². The van der Waals surface area contributed by atoms with E-state index in [0.29, 0.717) is 4.88 Å². The normalized spacial score (nSPS) is 12.1. The van der Waals surface area contributed by atoms with E-state index in [1.807, 2.05) is 40.5 Å². The highest BCUT2D eigenvalue weighted by molar-refractivity contribution is 7.12. The Kier molecular flexibility index (Phi) is 4.54. The monoisotopic (exact) mass is 294 g/mol. The third-order valence-corrected chi connectivity index (χ3v) is 3.62. The van der Waals surface area contributed by atoms with Gasteiger partial charge in [0.25, 0.3) is 5.91 Å². The van der Waals surface area contributed by atoms with Crippen LogP contribution in [0.3, 0.4) is 0 Å². The van der Waals surface area contributed by atoms with Crippen molar-refractivity contribution in [2.45, 2.75) is 12.5 Å². The maximum absolute atomic E-state index is 12.0. The number of carbonyl (C=O) groups is 2. The Morgan fingerprint density at radius 3 is 2.70 bits per heavy atom.